The van der Waals surface area contributed by atoms with Gasteiger partial charge in [-0.25, -0.2) is 4.79 Å². The van der Waals surface area contributed by atoms with Crippen molar-refractivity contribution in [1.29, 1.82) is 0 Å². The molecule has 0 aliphatic carbocycles. The first-order valence-electron chi connectivity index (χ1n) is 5.14. The molecular formula is C11H12N2O5. The number of carboxylic acid groups (broad SMARTS) is 1. The summed E-state index contributed by atoms with van der Waals surface area (Å²) >= 11 is 0. The topological polar surface area (TPSA) is 110 Å². The van der Waals surface area contributed by atoms with E-state index in [9.17, 15) is 19.7 Å². The van der Waals surface area contributed by atoms with Gasteiger partial charge in [-0.2, -0.15) is 0 Å². The Morgan fingerprint density at radius 1 is 1.44 bits per heavy atom. The highest BCUT2D eigenvalue weighted by Gasteiger charge is 2.23. The van der Waals surface area contributed by atoms with Crippen molar-refractivity contribution in [3.05, 3.63) is 39.9 Å². The second-order valence-electron chi connectivity index (χ2n) is 3.68. The van der Waals surface area contributed by atoms with Crippen LogP contribution in [0.3, 0.4) is 0 Å². The van der Waals surface area contributed by atoms with E-state index in [4.69, 9.17) is 5.11 Å². The normalized spacial score (nSPS) is 11.6. The Balaban J connectivity index is 2.97. The lowest BCUT2D eigenvalue weighted by Crippen LogP contribution is -2.41. The van der Waals surface area contributed by atoms with Crippen LogP contribution < -0.4 is 5.32 Å². The van der Waals surface area contributed by atoms with Crippen LogP contribution in [-0.4, -0.2) is 27.9 Å². The van der Waals surface area contributed by atoms with Crippen LogP contribution in [0.5, 0.6) is 0 Å². The van der Waals surface area contributed by atoms with E-state index in [2.05, 4.69) is 5.32 Å². The number of carboxylic acids is 1. The number of amides is 1. The number of carbonyl (C=O) groups excluding carboxylic acids is 1. The van der Waals surface area contributed by atoms with Crippen LogP contribution in [-0.2, 0) is 16.0 Å². The highest BCUT2D eigenvalue weighted by atomic mass is 16.6. The molecule has 96 valence electrons. The van der Waals surface area contributed by atoms with Crippen LogP contribution in [0.2, 0.25) is 0 Å². The third-order valence-corrected chi connectivity index (χ3v) is 2.29. The molecule has 0 spiro atoms. The standard InChI is InChI=1S/C11H12N2O5/c1-7(14)12-9(11(15)16)6-8-4-2-3-5-10(8)13(17)18/h2-5,9H,6H2,1H3,(H,12,14)(H,15,16)/t9-/m1/s1. The van der Waals surface area contributed by atoms with Crippen molar-refractivity contribution < 1.29 is 19.6 Å². The maximum Gasteiger partial charge on any atom is 0.326 e. The van der Waals surface area contributed by atoms with E-state index < -0.39 is 22.8 Å². The number of para-hydroxylation sites is 1. The molecule has 7 nitrogen and oxygen atoms in total. The predicted molar refractivity (Wildman–Crippen MR) is 62.0 cm³/mol. The summed E-state index contributed by atoms with van der Waals surface area (Å²) in [6, 6.07) is 4.66. The molecule has 7 heteroatoms. The first-order valence-corrected chi connectivity index (χ1v) is 5.14. The molecule has 0 saturated heterocycles. The molecule has 0 aliphatic rings. The van der Waals surface area contributed by atoms with Crippen molar-refractivity contribution in [3.8, 4) is 0 Å². The summed E-state index contributed by atoms with van der Waals surface area (Å²) in [6.07, 6.45) is -0.133. The molecule has 18 heavy (non-hydrogen) atoms. The number of nitrogens with zero attached hydrogens (tertiary/aromatic N) is 1. The van der Waals surface area contributed by atoms with E-state index in [0.29, 0.717) is 0 Å². The number of nitro groups is 1. The summed E-state index contributed by atoms with van der Waals surface area (Å²) in [6.45, 7) is 1.19. The van der Waals surface area contributed by atoms with Gasteiger partial charge in [0.05, 0.1) is 4.92 Å². The van der Waals surface area contributed by atoms with Crippen molar-refractivity contribution in [1.82, 2.24) is 5.32 Å². The van der Waals surface area contributed by atoms with Crippen molar-refractivity contribution in [3.63, 3.8) is 0 Å². The second-order valence-corrected chi connectivity index (χ2v) is 3.68. The SMILES string of the molecule is CC(=O)N[C@H](Cc1ccccc1[N+](=O)[O-])C(=O)O. The lowest BCUT2D eigenvalue weighted by atomic mass is 10.0. The minimum atomic E-state index is -1.23. The fraction of sp³-hybridized carbons (Fsp3) is 0.273. The minimum absolute atomic E-state index is 0.133. The highest BCUT2D eigenvalue weighted by Crippen LogP contribution is 2.19. The van der Waals surface area contributed by atoms with Gasteiger partial charge < -0.3 is 10.4 Å². The van der Waals surface area contributed by atoms with Crippen LogP contribution in [0.15, 0.2) is 24.3 Å². The number of rotatable bonds is 5. The Bertz CT molecular complexity index is 486. The van der Waals surface area contributed by atoms with Gasteiger partial charge in [0.1, 0.15) is 6.04 Å². The van der Waals surface area contributed by atoms with Gasteiger partial charge in [0.25, 0.3) is 5.69 Å². The van der Waals surface area contributed by atoms with Gasteiger partial charge >= 0.3 is 5.97 Å². The molecule has 1 aromatic carbocycles. The fourth-order valence-electron chi connectivity index (χ4n) is 1.53. The number of nitrogens with one attached hydrogen (secondary N) is 1. The Morgan fingerprint density at radius 3 is 2.56 bits per heavy atom. The van der Waals surface area contributed by atoms with Crippen molar-refractivity contribution in [2.75, 3.05) is 0 Å². The zero-order chi connectivity index (χ0) is 13.7. The second kappa shape index (κ2) is 5.76. The number of carbonyl (C=O) groups is 2. The fourth-order valence-corrected chi connectivity index (χ4v) is 1.53. The molecule has 0 bridgehead atoms. The van der Waals surface area contributed by atoms with Gasteiger partial charge in [0, 0.05) is 25.0 Å². The molecule has 1 rings (SSSR count). The van der Waals surface area contributed by atoms with Crippen LogP contribution in [0.1, 0.15) is 12.5 Å². The van der Waals surface area contributed by atoms with E-state index in [1.807, 2.05) is 0 Å². The average molecular weight is 252 g/mol. The first-order chi connectivity index (χ1) is 8.41. The van der Waals surface area contributed by atoms with Gasteiger partial charge in [-0.1, -0.05) is 18.2 Å². The largest absolute Gasteiger partial charge is 0.480 e. The number of benzene rings is 1. The summed E-state index contributed by atoms with van der Waals surface area (Å²) in [4.78, 5) is 32.0. The van der Waals surface area contributed by atoms with Crippen LogP contribution in [0.25, 0.3) is 0 Å². The molecule has 0 aliphatic heterocycles. The Kier molecular flexibility index (Phi) is 4.36. The maximum absolute atomic E-state index is 10.9. The Labute approximate surface area is 103 Å². The molecule has 2 N–H and O–H groups in total. The molecule has 0 saturated carbocycles. The van der Waals surface area contributed by atoms with Crippen LogP contribution in [0.4, 0.5) is 5.69 Å². The Hall–Kier alpha value is -2.44. The number of hydrogen-bond acceptors (Lipinski definition) is 4. The van der Waals surface area contributed by atoms with Gasteiger partial charge in [-0.05, 0) is 0 Å². The van der Waals surface area contributed by atoms with Gasteiger partial charge in [0.2, 0.25) is 5.91 Å². The van der Waals surface area contributed by atoms with E-state index in [-0.39, 0.29) is 17.7 Å². The third-order valence-electron chi connectivity index (χ3n) is 2.29. The lowest BCUT2D eigenvalue weighted by Gasteiger charge is -2.13. The molecular weight excluding hydrogens is 240 g/mol. The van der Waals surface area contributed by atoms with E-state index in [0.717, 1.165) is 0 Å². The third kappa shape index (κ3) is 3.55. The molecule has 0 heterocycles. The average Bonchev–Trinajstić information content (AvgIpc) is 2.27. The quantitative estimate of drug-likeness (QED) is 0.592. The molecule has 0 aromatic heterocycles. The van der Waals surface area contributed by atoms with Gasteiger partial charge in [-0.3, -0.25) is 14.9 Å². The molecule has 1 amide bonds. The van der Waals surface area contributed by atoms with Crippen molar-refractivity contribution in [2.45, 2.75) is 19.4 Å². The lowest BCUT2D eigenvalue weighted by molar-refractivity contribution is -0.385. The maximum atomic E-state index is 10.9. The number of aliphatic carboxylic acids is 1. The van der Waals surface area contributed by atoms with Crippen LogP contribution >= 0.6 is 0 Å². The number of hydrogen-bond donors (Lipinski definition) is 2. The van der Waals surface area contributed by atoms with E-state index >= 15 is 0 Å². The summed E-state index contributed by atoms with van der Waals surface area (Å²) in [5.41, 5.74) is 0.109. The molecule has 1 aromatic rings. The minimum Gasteiger partial charge on any atom is -0.480 e. The van der Waals surface area contributed by atoms with Gasteiger partial charge in [0.15, 0.2) is 0 Å². The predicted octanol–water partition coefficient (Wildman–Crippen LogP) is 0.727. The summed E-state index contributed by atoms with van der Waals surface area (Å²) in [5, 5.41) is 21.9. The summed E-state index contributed by atoms with van der Waals surface area (Å²) in [5.74, 6) is -1.73. The summed E-state index contributed by atoms with van der Waals surface area (Å²) < 4.78 is 0. The Morgan fingerprint density at radius 2 is 2.06 bits per heavy atom. The van der Waals surface area contributed by atoms with Crippen molar-refractivity contribution >= 4 is 17.6 Å². The smallest absolute Gasteiger partial charge is 0.326 e. The van der Waals surface area contributed by atoms with Gasteiger partial charge in [-0.15, -0.1) is 0 Å². The molecule has 0 radical (unpaired) electrons. The zero-order valence-corrected chi connectivity index (χ0v) is 9.62. The van der Waals surface area contributed by atoms with E-state index in [1.54, 1.807) is 6.07 Å². The number of nitro benzene ring substituents is 1. The molecule has 1 atom stereocenters. The first kappa shape index (κ1) is 13.6. The molecule has 0 unspecified atom stereocenters. The monoisotopic (exact) mass is 252 g/mol. The van der Waals surface area contributed by atoms with Crippen LogP contribution in [0, 0.1) is 10.1 Å². The van der Waals surface area contributed by atoms with E-state index in [1.165, 1.54) is 25.1 Å². The summed E-state index contributed by atoms with van der Waals surface area (Å²) in [7, 11) is 0. The molecule has 0 fully saturated rings. The van der Waals surface area contributed by atoms with Crippen molar-refractivity contribution in [2.24, 2.45) is 0 Å². The highest BCUT2D eigenvalue weighted by molar-refractivity contribution is 5.82. The zero-order valence-electron chi connectivity index (χ0n) is 9.62.